The second-order valence-corrected chi connectivity index (χ2v) is 5.67. The summed E-state index contributed by atoms with van der Waals surface area (Å²) in [5, 5.41) is 0. The predicted molar refractivity (Wildman–Crippen MR) is 67.8 cm³/mol. The first-order valence-corrected chi connectivity index (χ1v) is 6.73. The maximum atomic E-state index is 5.22. The monoisotopic (exact) mass is 236 g/mol. The highest BCUT2D eigenvalue weighted by atomic mass is 28.2. The summed E-state index contributed by atoms with van der Waals surface area (Å²) in [6, 6.07) is 11.7. The summed E-state index contributed by atoms with van der Waals surface area (Å²) in [6.45, 7) is 4.52. The zero-order chi connectivity index (χ0) is 12.0. The summed E-state index contributed by atoms with van der Waals surface area (Å²) in [7, 11) is 4.04. The molecule has 2 radical (unpaired) electrons. The minimum atomic E-state index is -0.0667. The van der Waals surface area contributed by atoms with Gasteiger partial charge in [-0.15, -0.1) is 0 Å². The summed E-state index contributed by atoms with van der Waals surface area (Å²) in [5.41, 5.74) is 1.54. The largest absolute Gasteiger partial charge is 0.360 e. The molecule has 0 amide bonds. The van der Waals surface area contributed by atoms with Crippen molar-refractivity contribution in [1.29, 1.82) is 0 Å². The third kappa shape index (κ3) is 3.74. The first kappa shape index (κ1) is 13.4. The number of hydrogen-bond acceptors (Lipinski definition) is 2. The SMILES string of the molecule is COC(OC)[Si]CC(C)(C)c1ccccc1. The van der Waals surface area contributed by atoms with Gasteiger partial charge in [-0.2, -0.15) is 0 Å². The van der Waals surface area contributed by atoms with Crippen LogP contribution in [0, 0.1) is 0 Å². The van der Waals surface area contributed by atoms with Gasteiger partial charge in [0.1, 0.15) is 15.4 Å². The Morgan fingerprint density at radius 3 is 2.19 bits per heavy atom. The topological polar surface area (TPSA) is 18.5 Å². The van der Waals surface area contributed by atoms with E-state index in [2.05, 4.69) is 44.2 Å². The Morgan fingerprint density at radius 1 is 1.12 bits per heavy atom. The van der Waals surface area contributed by atoms with Gasteiger partial charge in [0.2, 0.25) is 0 Å². The van der Waals surface area contributed by atoms with Gasteiger partial charge in [-0.05, 0) is 17.0 Å². The molecule has 1 aromatic carbocycles. The Bertz CT molecular complexity index is 294. The van der Waals surface area contributed by atoms with E-state index >= 15 is 0 Å². The van der Waals surface area contributed by atoms with Gasteiger partial charge in [-0.25, -0.2) is 0 Å². The van der Waals surface area contributed by atoms with Crippen LogP contribution in [-0.2, 0) is 14.9 Å². The van der Waals surface area contributed by atoms with Crippen LogP contribution >= 0.6 is 0 Å². The van der Waals surface area contributed by atoms with Crippen LogP contribution in [0.4, 0.5) is 0 Å². The molecule has 0 aliphatic rings. The predicted octanol–water partition coefficient (Wildman–Crippen LogP) is 2.66. The average Bonchev–Trinajstić information content (AvgIpc) is 2.31. The van der Waals surface area contributed by atoms with Crippen molar-refractivity contribution < 1.29 is 9.47 Å². The third-order valence-corrected chi connectivity index (χ3v) is 4.59. The lowest BCUT2D eigenvalue weighted by Crippen LogP contribution is -2.28. The molecule has 0 atom stereocenters. The molecule has 2 nitrogen and oxygen atoms in total. The van der Waals surface area contributed by atoms with Crippen LogP contribution in [0.25, 0.3) is 0 Å². The molecule has 0 fully saturated rings. The van der Waals surface area contributed by atoms with E-state index in [0.29, 0.717) is 9.52 Å². The van der Waals surface area contributed by atoms with Crippen LogP contribution in [-0.4, -0.2) is 29.7 Å². The van der Waals surface area contributed by atoms with E-state index in [-0.39, 0.29) is 11.3 Å². The lowest BCUT2D eigenvalue weighted by molar-refractivity contribution is -0.0444. The molecule has 3 heteroatoms. The van der Waals surface area contributed by atoms with Crippen molar-refractivity contribution in [2.45, 2.75) is 31.2 Å². The molecular weight excluding hydrogens is 216 g/mol. The Labute approximate surface area is 101 Å². The fraction of sp³-hybridized carbons (Fsp3) is 0.538. The molecule has 0 bridgehead atoms. The molecule has 1 rings (SSSR count). The van der Waals surface area contributed by atoms with Crippen LogP contribution in [0.1, 0.15) is 19.4 Å². The number of hydrogen-bond donors (Lipinski definition) is 0. The van der Waals surface area contributed by atoms with Gasteiger partial charge >= 0.3 is 0 Å². The summed E-state index contributed by atoms with van der Waals surface area (Å²) in [6.07, 6.45) is 0. The van der Waals surface area contributed by atoms with Gasteiger partial charge in [-0.1, -0.05) is 44.2 Å². The van der Waals surface area contributed by atoms with E-state index in [1.807, 2.05) is 0 Å². The van der Waals surface area contributed by atoms with Crippen LogP contribution in [0.3, 0.4) is 0 Å². The van der Waals surface area contributed by atoms with Crippen molar-refractivity contribution in [3.63, 3.8) is 0 Å². The van der Waals surface area contributed by atoms with Crippen molar-refractivity contribution in [3.8, 4) is 0 Å². The molecule has 0 unspecified atom stereocenters. The molecule has 0 saturated carbocycles. The number of benzene rings is 1. The lowest BCUT2D eigenvalue weighted by Gasteiger charge is -2.26. The van der Waals surface area contributed by atoms with Crippen molar-refractivity contribution in [2.75, 3.05) is 14.2 Å². The van der Waals surface area contributed by atoms with Crippen LogP contribution < -0.4 is 0 Å². The molecule has 16 heavy (non-hydrogen) atoms. The van der Waals surface area contributed by atoms with Crippen molar-refractivity contribution in [1.82, 2.24) is 0 Å². The number of methoxy groups -OCH3 is 2. The second kappa shape index (κ2) is 6.18. The zero-order valence-corrected chi connectivity index (χ0v) is 11.5. The van der Waals surface area contributed by atoms with Gasteiger partial charge in [0.15, 0.2) is 0 Å². The minimum absolute atomic E-state index is 0.0667. The lowest BCUT2D eigenvalue weighted by atomic mass is 9.87. The van der Waals surface area contributed by atoms with E-state index in [1.165, 1.54) is 5.56 Å². The van der Waals surface area contributed by atoms with E-state index in [0.717, 1.165) is 6.04 Å². The normalized spacial score (nSPS) is 12.1. The quantitative estimate of drug-likeness (QED) is 0.558. The maximum absolute atomic E-state index is 5.22. The molecule has 0 aromatic heterocycles. The van der Waals surface area contributed by atoms with E-state index in [4.69, 9.17) is 9.47 Å². The van der Waals surface area contributed by atoms with Crippen molar-refractivity contribution in [2.24, 2.45) is 0 Å². The standard InChI is InChI=1S/C13H20O2Si/c1-13(2,10-16-12(14-3)15-4)11-8-6-5-7-9-11/h5-9,12H,10H2,1-4H3. The highest BCUT2D eigenvalue weighted by Crippen LogP contribution is 2.27. The first-order valence-electron chi connectivity index (χ1n) is 5.44. The Kier molecular flexibility index (Phi) is 5.18. The van der Waals surface area contributed by atoms with Crippen molar-refractivity contribution in [3.05, 3.63) is 35.9 Å². The zero-order valence-electron chi connectivity index (χ0n) is 10.5. The highest BCUT2D eigenvalue weighted by Gasteiger charge is 2.22. The van der Waals surface area contributed by atoms with Crippen LogP contribution in [0.5, 0.6) is 0 Å². The number of rotatable bonds is 6. The molecule has 0 aliphatic heterocycles. The van der Waals surface area contributed by atoms with E-state index in [1.54, 1.807) is 14.2 Å². The molecule has 1 aromatic rings. The third-order valence-electron chi connectivity index (χ3n) is 2.69. The summed E-state index contributed by atoms with van der Waals surface area (Å²) in [4.78, 5) is 0. The molecule has 0 saturated heterocycles. The Hall–Kier alpha value is -0.643. The molecule has 0 aliphatic carbocycles. The minimum Gasteiger partial charge on any atom is -0.360 e. The van der Waals surface area contributed by atoms with Crippen LogP contribution in [0.15, 0.2) is 30.3 Å². The Balaban J connectivity index is 2.58. The molecular formula is C13H20O2Si. The number of ether oxygens (including phenoxy) is 2. The molecule has 0 heterocycles. The fourth-order valence-electron chi connectivity index (χ4n) is 1.59. The molecule has 0 spiro atoms. The summed E-state index contributed by atoms with van der Waals surface area (Å²) < 4.78 is 10.4. The fourth-order valence-corrected chi connectivity index (χ4v) is 2.81. The van der Waals surface area contributed by atoms with E-state index < -0.39 is 0 Å². The summed E-state index contributed by atoms with van der Waals surface area (Å²) in [5.74, 6) is -0.0667. The average molecular weight is 236 g/mol. The van der Waals surface area contributed by atoms with Gasteiger partial charge in [0, 0.05) is 14.2 Å². The second-order valence-electron chi connectivity index (χ2n) is 4.43. The van der Waals surface area contributed by atoms with E-state index in [9.17, 15) is 0 Å². The highest BCUT2D eigenvalue weighted by molar-refractivity contribution is 6.37. The molecule has 88 valence electrons. The molecule has 0 N–H and O–H groups in total. The van der Waals surface area contributed by atoms with Gasteiger partial charge in [0.25, 0.3) is 0 Å². The van der Waals surface area contributed by atoms with Gasteiger partial charge < -0.3 is 9.47 Å². The smallest absolute Gasteiger partial charge is 0.136 e. The van der Waals surface area contributed by atoms with Crippen molar-refractivity contribution >= 4 is 9.52 Å². The summed E-state index contributed by atoms with van der Waals surface area (Å²) >= 11 is 0. The Morgan fingerprint density at radius 2 is 1.69 bits per heavy atom. The first-order chi connectivity index (χ1) is 7.60. The van der Waals surface area contributed by atoms with Gasteiger partial charge in [0.05, 0.1) is 0 Å². The maximum Gasteiger partial charge on any atom is 0.136 e. The van der Waals surface area contributed by atoms with Gasteiger partial charge in [-0.3, -0.25) is 0 Å². The van der Waals surface area contributed by atoms with Crippen LogP contribution in [0.2, 0.25) is 6.04 Å².